The molecule has 0 N–H and O–H groups in total. The van der Waals surface area contributed by atoms with Crippen molar-refractivity contribution in [3.05, 3.63) is 35.9 Å². The lowest BCUT2D eigenvalue weighted by molar-refractivity contribution is 0.965. The van der Waals surface area contributed by atoms with Crippen LogP contribution in [0.2, 0.25) is 0 Å². The molecule has 0 bridgehead atoms. The zero-order chi connectivity index (χ0) is 6.81. The van der Waals surface area contributed by atoms with E-state index in [0.29, 0.717) is 0 Å². The van der Waals surface area contributed by atoms with E-state index in [-0.39, 0.29) is 0 Å². The summed E-state index contributed by atoms with van der Waals surface area (Å²) < 4.78 is 0. The maximum atomic E-state index is 4.27. The van der Waals surface area contributed by atoms with Crippen molar-refractivity contribution < 1.29 is 0 Å². The van der Waals surface area contributed by atoms with Crippen LogP contribution in [0, 0.1) is 6.07 Å². The number of hydrogen-bond acceptors (Lipinski definition) is 0. The molecule has 10 heavy (non-hydrogen) atoms. The molecule has 1 heterocycles. The van der Waals surface area contributed by atoms with E-state index in [1.165, 1.54) is 0 Å². The van der Waals surface area contributed by atoms with E-state index in [1.807, 2.05) is 24.3 Å². The quantitative estimate of drug-likeness (QED) is 0.506. The molecule has 1 aliphatic heterocycles. The number of nitrogens with zero attached hydrogens (tertiary/aromatic N) is 1. The van der Waals surface area contributed by atoms with Crippen molar-refractivity contribution >= 4 is 11.8 Å². The Bertz CT molecular complexity index is 263. The first kappa shape index (κ1) is 5.54. The monoisotopic (exact) mass is 129 g/mol. The first-order chi connectivity index (χ1) is 4.97. The van der Waals surface area contributed by atoms with Crippen molar-refractivity contribution in [2.45, 2.75) is 0 Å². The lowest BCUT2D eigenvalue weighted by atomic mass is 10.1. The molecule has 0 fully saturated rings. The van der Waals surface area contributed by atoms with Gasteiger partial charge in [-0.25, -0.2) is 0 Å². The molecule has 2 radical (unpaired) electrons. The Morgan fingerprint density at radius 3 is 3.40 bits per heavy atom. The topological polar surface area (TPSA) is 14.1 Å². The average Bonchev–Trinajstić information content (AvgIpc) is 2.05. The highest BCUT2D eigenvalue weighted by atomic mass is 14.9. The van der Waals surface area contributed by atoms with Crippen LogP contribution in [0.15, 0.2) is 24.3 Å². The predicted molar refractivity (Wildman–Crippen MR) is 41.0 cm³/mol. The minimum absolute atomic E-state index is 0.810. The third-order valence-corrected chi connectivity index (χ3v) is 1.52. The molecule has 1 aromatic carbocycles. The largest absolute Gasteiger partial charge is 0.281 e. The van der Waals surface area contributed by atoms with Crippen molar-refractivity contribution in [1.29, 1.82) is 0 Å². The van der Waals surface area contributed by atoms with Crippen LogP contribution < -0.4 is 5.32 Å². The molecule has 2 rings (SSSR count). The zero-order valence-corrected chi connectivity index (χ0v) is 5.54. The first-order valence-electron chi connectivity index (χ1n) is 3.31. The third-order valence-electron chi connectivity index (χ3n) is 1.52. The molecule has 1 aromatic rings. The summed E-state index contributed by atoms with van der Waals surface area (Å²) in [6.45, 7) is 0.810. The van der Waals surface area contributed by atoms with Crippen LogP contribution in [-0.2, 0) is 0 Å². The van der Waals surface area contributed by atoms with Crippen molar-refractivity contribution in [3.8, 4) is 0 Å². The molecule has 48 valence electrons. The number of rotatable bonds is 0. The smallest absolute Gasteiger partial charge is 0.0656 e. The second kappa shape index (κ2) is 2.18. The molecular formula is C9H7N. The van der Waals surface area contributed by atoms with Crippen LogP contribution in [0.5, 0.6) is 0 Å². The first-order valence-corrected chi connectivity index (χ1v) is 3.31. The summed E-state index contributed by atoms with van der Waals surface area (Å²) >= 11 is 0. The zero-order valence-electron chi connectivity index (χ0n) is 5.54. The van der Waals surface area contributed by atoms with Gasteiger partial charge in [0.15, 0.2) is 0 Å². The minimum Gasteiger partial charge on any atom is -0.281 e. The molecule has 0 atom stereocenters. The van der Waals surface area contributed by atoms with Gasteiger partial charge in [0, 0.05) is 5.56 Å². The molecule has 0 spiro atoms. The van der Waals surface area contributed by atoms with E-state index in [0.717, 1.165) is 17.8 Å². The molecule has 0 saturated heterocycles. The van der Waals surface area contributed by atoms with Crippen LogP contribution in [0.25, 0.3) is 6.08 Å². The summed E-state index contributed by atoms with van der Waals surface area (Å²) in [4.78, 5) is 0. The fourth-order valence-corrected chi connectivity index (χ4v) is 1.03. The summed E-state index contributed by atoms with van der Waals surface area (Å²) in [6.07, 6.45) is 4.10. The van der Waals surface area contributed by atoms with E-state index >= 15 is 0 Å². The molecular weight excluding hydrogens is 122 g/mol. The molecule has 0 saturated carbocycles. The van der Waals surface area contributed by atoms with E-state index < -0.39 is 0 Å². The van der Waals surface area contributed by atoms with Crippen LogP contribution >= 0.6 is 0 Å². The summed E-state index contributed by atoms with van der Waals surface area (Å²) in [7, 11) is 0. The highest BCUT2D eigenvalue weighted by Crippen LogP contribution is 2.18. The van der Waals surface area contributed by atoms with Gasteiger partial charge in [-0.1, -0.05) is 24.3 Å². The lowest BCUT2D eigenvalue weighted by Gasteiger charge is -2.07. The molecule has 0 amide bonds. The highest BCUT2D eigenvalue weighted by Gasteiger charge is 2.01. The summed E-state index contributed by atoms with van der Waals surface area (Å²) in [5.74, 6) is 0. The predicted octanol–water partition coefficient (Wildman–Crippen LogP) is 1.75. The molecule has 1 nitrogen and oxygen atoms in total. The number of benzene rings is 1. The van der Waals surface area contributed by atoms with Crippen LogP contribution in [0.1, 0.15) is 5.56 Å². The van der Waals surface area contributed by atoms with Gasteiger partial charge in [0.2, 0.25) is 0 Å². The van der Waals surface area contributed by atoms with Crippen LogP contribution in [0.3, 0.4) is 0 Å². The maximum absolute atomic E-state index is 4.27. The highest BCUT2D eigenvalue weighted by molar-refractivity contribution is 5.64. The number of fused-ring (bicyclic) bond motifs is 1. The lowest BCUT2D eigenvalue weighted by Crippen LogP contribution is -2.02. The Kier molecular flexibility index (Phi) is 1.21. The minimum atomic E-state index is 0.810. The van der Waals surface area contributed by atoms with Crippen LogP contribution in [0.4, 0.5) is 5.69 Å². The second-order valence-electron chi connectivity index (χ2n) is 2.21. The fourth-order valence-electron chi connectivity index (χ4n) is 1.03. The van der Waals surface area contributed by atoms with Gasteiger partial charge in [-0.05, 0) is 12.1 Å². The molecule has 0 unspecified atom stereocenters. The summed E-state index contributed by atoms with van der Waals surface area (Å²) in [5.41, 5.74) is 2.17. The SMILES string of the molecule is [c]1cccc2c1C=CC[N]2. The van der Waals surface area contributed by atoms with Crippen molar-refractivity contribution in [2.75, 3.05) is 6.54 Å². The normalized spacial score (nSPS) is 14.0. The second-order valence-corrected chi connectivity index (χ2v) is 2.21. The van der Waals surface area contributed by atoms with Crippen molar-refractivity contribution in [3.63, 3.8) is 0 Å². The van der Waals surface area contributed by atoms with E-state index in [2.05, 4.69) is 17.5 Å². The van der Waals surface area contributed by atoms with Crippen molar-refractivity contribution in [2.24, 2.45) is 0 Å². The average molecular weight is 129 g/mol. The van der Waals surface area contributed by atoms with Crippen LogP contribution in [-0.4, -0.2) is 6.54 Å². The van der Waals surface area contributed by atoms with Gasteiger partial charge in [-0.15, -0.1) is 0 Å². The Balaban J connectivity index is 2.54. The Morgan fingerprint density at radius 1 is 1.50 bits per heavy atom. The Morgan fingerprint density at radius 2 is 2.50 bits per heavy atom. The number of hydrogen-bond donors (Lipinski definition) is 0. The molecule has 0 aromatic heterocycles. The van der Waals surface area contributed by atoms with Gasteiger partial charge in [0.05, 0.1) is 12.2 Å². The van der Waals surface area contributed by atoms with Gasteiger partial charge < -0.3 is 0 Å². The van der Waals surface area contributed by atoms with E-state index in [1.54, 1.807) is 0 Å². The van der Waals surface area contributed by atoms with E-state index in [9.17, 15) is 0 Å². The molecule has 0 aliphatic carbocycles. The van der Waals surface area contributed by atoms with Gasteiger partial charge in [-0.2, -0.15) is 0 Å². The van der Waals surface area contributed by atoms with Gasteiger partial charge in [-0.3, -0.25) is 5.32 Å². The third kappa shape index (κ3) is 0.798. The Hall–Kier alpha value is -1.24. The molecule has 1 heteroatoms. The van der Waals surface area contributed by atoms with Crippen molar-refractivity contribution in [1.82, 2.24) is 5.32 Å². The molecule has 1 aliphatic rings. The van der Waals surface area contributed by atoms with Gasteiger partial charge in [0.25, 0.3) is 0 Å². The van der Waals surface area contributed by atoms with Gasteiger partial charge >= 0.3 is 0 Å². The maximum Gasteiger partial charge on any atom is 0.0656 e. The summed E-state index contributed by atoms with van der Waals surface area (Å²) in [6, 6.07) is 8.98. The fraction of sp³-hybridized carbons (Fsp3) is 0.111. The van der Waals surface area contributed by atoms with Gasteiger partial charge in [0.1, 0.15) is 0 Å². The summed E-state index contributed by atoms with van der Waals surface area (Å²) in [5, 5.41) is 4.27. The Labute approximate surface area is 60.4 Å². The standard InChI is InChI=1S/C9H7N/c1-2-6-9-8(4-1)5-3-7-10-9/h1-3,5-6H,7H2. The van der Waals surface area contributed by atoms with E-state index in [4.69, 9.17) is 0 Å².